The van der Waals surface area contributed by atoms with Crippen LogP contribution in [-0.2, 0) is 14.3 Å². The van der Waals surface area contributed by atoms with Crippen molar-refractivity contribution in [3.63, 3.8) is 0 Å². The van der Waals surface area contributed by atoms with Crippen molar-refractivity contribution in [2.45, 2.75) is 6.42 Å². The van der Waals surface area contributed by atoms with Gasteiger partial charge in [-0.3, -0.25) is 4.79 Å². The second-order valence-electron chi connectivity index (χ2n) is 3.61. The predicted molar refractivity (Wildman–Crippen MR) is 69.4 cm³/mol. The average molecular weight is 278 g/mol. The minimum absolute atomic E-state index is 0.233. The molecule has 0 radical (unpaired) electrons. The molecule has 0 spiro atoms. The van der Waals surface area contributed by atoms with E-state index in [0.717, 1.165) is 0 Å². The second-order valence-corrected chi connectivity index (χ2v) is 3.61. The minimum atomic E-state index is -0.515. The first kappa shape index (κ1) is 15.3. The zero-order valence-corrected chi connectivity index (χ0v) is 11.1. The van der Waals surface area contributed by atoms with Crippen LogP contribution in [-0.4, -0.2) is 32.7 Å². The summed E-state index contributed by atoms with van der Waals surface area (Å²) in [6, 6.07) is 6.40. The first-order chi connectivity index (χ1) is 9.60. The van der Waals surface area contributed by atoms with Crippen molar-refractivity contribution >= 4 is 17.6 Å². The smallest absolute Gasteiger partial charge is 0.343 e. The molecule has 0 bridgehead atoms. The molecule has 1 N–H and O–H groups in total. The largest absolute Gasteiger partial charge is 0.493 e. The number of anilines is 1. The number of nitrogens with zero attached hydrogens (tertiary/aromatic N) is 1. The maximum atomic E-state index is 11.3. The molecule has 1 aromatic carbocycles. The van der Waals surface area contributed by atoms with Gasteiger partial charge in [0, 0.05) is 11.8 Å². The van der Waals surface area contributed by atoms with Crippen LogP contribution in [0.1, 0.15) is 6.42 Å². The third-order valence-electron chi connectivity index (χ3n) is 2.26. The van der Waals surface area contributed by atoms with Gasteiger partial charge in [-0.2, -0.15) is 5.26 Å². The molecular weight excluding hydrogens is 264 g/mol. The Morgan fingerprint density at radius 1 is 1.30 bits per heavy atom. The molecule has 1 aromatic rings. The molecule has 1 rings (SSSR count). The summed E-state index contributed by atoms with van der Waals surface area (Å²) >= 11 is 0. The summed E-state index contributed by atoms with van der Waals surface area (Å²) in [5.74, 6) is -0.240. The zero-order valence-electron chi connectivity index (χ0n) is 11.1. The van der Waals surface area contributed by atoms with E-state index in [4.69, 9.17) is 14.7 Å². The van der Waals surface area contributed by atoms with E-state index in [0.29, 0.717) is 17.2 Å². The fraction of sp³-hybridized carbons (Fsp3) is 0.308. The summed E-state index contributed by atoms with van der Waals surface area (Å²) in [6.07, 6.45) is -0.233. The van der Waals surface area contributed by atoms with Gasteiger partial charge in [0.05, 0.1) is 20.3 Å². The zero-order chi connectivity index (χ0) is 15.0. The summed E-state index contributed by atoms with van der Waals surface area (Å²) < 4.78 is 14.8. The Labute approximate surface area is 116 Å². The Morgan fingerprint density at radius 3 is 2.65 bits per heavy atom. The fourth-order valence-electron chi connectivity index (χ4n) is 1.34. The second kappa shape index (κ2) is 7.63. The SMILES string of the molecule is COC(=O)COc1ccc(NC(=O)CC#N)cc1OC. The van der Waals surface area contributed by atoms with E-state index < -0.39 is 11.9 Å². The number of nitrogens with one attached hydrogen (secondary N) is 1. The number of ether oxygens (including phenoxy) is 3. The van der Waals surface area contributed by atoms with E-state index in [1.165, 1.54) is 20.3 Å². The minimum Gasteiger partial charge on any atom is -0.493 e. The van der Waals surface area contributed by atoms with Crippen molar-refractivity contribution in [2.24, 2.45) is 0 Å². The molecule has 106 valence electrons. The van der Waals surface area contributed by atoms with Crippen LogP contribution in [0, 0.1) is 11.3 Å². The highest BCUT2D eigenvalue weighted by Crippen LogP contribution is 2.30. The molecule has 0 saturated carbocycles. The van der Waals surface area contributed by atoms with E-state index >= 15 is 0 Å². The van der Waals surface area contributed by atoms with Crippen LogP contribution in [0.5, 0.6) is 11.5 Å². The van der Waals surface area contributed by atoms with Crippen molar-refractivity contribution in [3.05, 3.63) is 18.2 Å². The van der Waals surface area contributed by atoms with Crippen molar-refractivity contribution in [2.75, 3.05) is 26.1 Å². The number of amides is 1. The standard InChI is InChI=1S/C13H14N2O5/c1-18-11-7-9(15-12(16)5-6-14)3-4-10(11)20-8-13(17)19-2/h3-4,7H,5,8H2,1-2H3,(H,15,16). The highest BCUT2D eigenvalue weighted by molar-refractivity contribution is 5.92. The van der Waals surface area contributed by atoms with Crippen LogP contribution < -0.4 is 14.8 Å². The summed E-state index contributed by atoms with van der Waals surface area (Å²) in [5, 5.41) is 10.9. The van der Waals surface area contributed by atoms with Gasteiger partial charge in [-0.05, 0) is 12.1 Å². The summed E-state index contributed by atoms with van der Waals surface area (Å²) in [4.78, 5) is 22.3. The fourth-order valence-corrected chi connectivity index (χ4v) is 1.34. The lowest BCUT2D eigenvalue weighted by Crippen LogP contribution is -2.13. The molecule has 7 heteroatoms. The first-order valence-corrected chi connectivity index (χ1v) is 5.65. The number of nitriles is 1. The summed E-state index contributed by atoms with van der Waals surface area (Å²) in [6.45, 7) is -0.243. The van der Waals surface area contributed by atoms with E-state index in [1.807, 2.05) is 0 Å². The number of methoxy groups -OCH3 is 2. The third kappa shape index (κ3) is 4.49. The number of carbonyl (C=O) groups excluding carboxylic acids is 2. The lowest BCUT2D eigenvalue weighted by Gasteiger charge is -2.11. The van der Waals surface area contributed by atoms with Gasteiger partial charge >= 0.3 is 5.97 Å². The topological polar surface area (TPSA) is 97.6 Å². The molecular formula is C13H14N2O5. The molecule has 1 amide bonds. The van der Waals surface area contributed by atoms with Gasteiger partial charge in [0.1, 0.15) is 6.42 Å². The number of benzene rings is 1. The molecule has 0 heterocycles. The van der Waals surface area contributed by atoms with Crippen molar-refractivity contribution in [3.8, 4) is 17.6 Å². The van der Waals surface area contributed by atoms with E-state index in [9.17, 15) is 9.59 Å². The number of hydrogen-bond donors (Lipinski definition) is 1. The van der Waals surface area contributed by atoms with Crippen LogP contribution >= 0.6 is 0 Å². The molecule has 20 heavy (non-hydrogen) atoms. The van der Waals surface area contributed by atoms with Gasteiger partial charge in [-0.15, -0.1) is 0 Å². The highest BCUT2D eigenvalue weighted by atomic mass is 16.6. The highest BCUT2D eigenvalue weighted by Gasteiger charge is 2.10. The Kier molecular flexibility index (Phi) is 5.84. The van der Waals surface area contributed by atoms with Crippen LogP contribution in [0.4, 0.5) is 5.69 Å². The van der Waals surface area contributed by atoms with Gasteiger partial charge in [-0.25, -0.2) is 4.79 Å². The molecule has 0 aromatic heterocycles. The Hall–Kier alpha value is -2.75. The van der Waals surface area contributed by atoms with E-state index in [2.05, 4.69) is 10.1 Å². The van der Waals surface area contributed by atoms with Crippen LogP contribution in [0.2, 0.25) is 0 Å². The maximum absolute atomic E-state index is 11.3. The van der Waals surface area contributed by atoms with Crippen LogP contribution in [0.25, 0.3) is 0 Å². The predicted octanol–water partition coefficient (Wildman–Crippen LogP) is 1.10. The van der Waals surface area contributed by atoms with Gasteiger partial charge in [0.2, 0.25) is 5.91 Å². The van der Waals surface area contributed by atoms with E-state index in [-0.39, 0.29) is 13.0 Å². The maximum Gasteiger partial charge on any atom is 0.343 e. The number of carbonyl (C=O) groups is 2. The lowest BCUT2D eigenvalue weighted by atomic mass is 10.2. The molecule has 0 fully saturated rings. The number of rotatable bonds is 6. The monoisotopic (exact) mass is 278 g/mol. The van der Waals surface area contributed by atoms with Crippen LogP contribution in [0.3, 0.4) is 0 Å². The average Bonchev–Trinajstić information content (AvgIpc) is 2.45. The first-order valence-electron chi connectivity index (χ1n) is 5.65. The molecule has 0 atom stereocenters. The van der Waals surface area contributed by atoms with Crippen molar-refractivity contribution < 1.29 is 23.8 Å². The van der Waals surface area contributed by atoms with Crippen molar-refractivity contribution in [1.82, 2.24) is 0 Å². The Bertz CT molecular complexity index is 536. The van der Waals surface area contributed by atoms with E-state index in [1.54, 1.807) is 18.2 Å². The Morgan fingerprint density at radius 2 is 2.05 bits per heavy atom. The summed E-state index contributed by atoms with van der Waals surface area (Å²) in [7, 11) is 2.69. The molecule has 0 aliphatic rings. The van der Waals surface area contributed by atoms with Crippen LogP contribution in [0.15, 0.2) is 18.2 Å². The normalized spacial score (nSPS) is 9.25. The number of esters is 1. The van der Waals surface area contributed by atoms with Crippen molar-refractivity contribution in [1.29, 1.82) is 5.26 Å². The third-order valence-corrected chi connectivity index (χ3v) is 2.26. The number of hydrogen-bond acceptors (Lipinski definition) is 6. The molecule has 7 nitrogen and oxygen atoms in total. The van der Waals surface area contributed by atoms with Gasteiger partial charge in [0.15, 0.2) is 18.1 Å². The molecule has 0 aliphatic heterocycles. The van der Waals surface area contributed by atoms with Gasteiger partial charge in [0.25, 0.3) is 0 Å². The quantitative estimate of drug-likeness (QED) is 0.782. The molecule has 0 aliphatic carbocycles. The molecule has 0 saturated heterocycles. The van der Waals surface area contributed by atoms with Gasteiger partial charge in [-0.1, -0.05) is 0 Å². The summed E-state index contributed by atoms with van der Waals surface area (Å²) in [5.41, 5.74) is 0.465. The lowest BCUT2D eigenvalue weighted by molar-refractivity contribution is -0.142. The van der Waals surface area contributed by atoms with Gasteiger partial charge < -0.3 is 19.5 Å². The molecule has 0 unspecified atom stereocenters. The Balaban J connectivity index is 2.77.